The van der Waals surface area contributed by atoms with Crippen molar-refractivity contribution in [3.8, 4) is 5.82 Å². The van der Waals surface area contributed by atoms with Crippen LogP contribution in [0.3, 0.4) is 0 Å². The zero-order valence-electron chi connectivity index (χ0n) is 21.5. The smallest absolute Gasteiger partial charge is 0.278 e. The van der Waals surface area contributed by atoms with E-state index in [2.05, 4.69) is 39.2 Å². The molecule has 0 bridgehead atoms. The van der Waals surface area contributed by atoms with E-state index >= 15 is 0 Å². The van der Waals surface area contributed by atoms with E-state index in [0.717, 1.165) is 43.9 Å². The lowest BCUT2D eigenvalue weighted by molar-refractivity contribution is 0.0306. The number of hydrogen-bond acceptors (Lipinski definition) is 8. The van der Waals surface area contributed by atoms with Crippen LogP contribution in [0.4, 0.5) is 17.3 Å². The summed E-state index contributed by atoms with van der Waals surface area (Å²) in [5.41, 5.74) is 3.00. The Hall–Kier alpha value is -4.02. The van der Waals surface area contributed by atoms with Crippen LogP contribution in [0.15, 0.2) is 60.0 Å². The quantitative estimate of drug-likeness (QED) is 0.324. The number of benzene rings is 1. The van der Waals surface area contributed by atoms with E-state index in [1.165, 1.54) is 5.69 Å². The second-order valence-corrected chi connectivity index (χ2v) is 9.89. The van der Waals surface area contributed by atoms with Gasteiger partial charge in [-0.3, -0.25) is 4.79 Å². The van der Waals surface area contributed by atoms with Gasteiger partial charge in [-0.25, -0.2) is 19.3 Å². The molecule has 0 amide bonds. The molecule has 1 atom stereocenters. The second kappa shape index (κ2) is 9.70. The first kappa shape index (κ1) is 24.3. The van der Waals surface area contributed by atoms with Gasteiger partial charge in [0.15, 0.2) is 11.5 Å². The first-order chi connectivity index (χ1) is 18.5. The third-order valence-corrected chi connectivity index (χ3v) is 7.60. The summed E-state index contributed by atoms with van der Waals surface area (Å²) in [6.07, 6.45) is 5.21. The Labute approximate surface area is 220 Å². The average molecular weight is 513 g/mol. The SMILES string of the molecule is C=CCn1c(=O)c2cnc(Nc3ccc(N4CCNCC4)cc3)nc2n1-c1ccc2c(n1)C(O)(CC)CC2. The van der Waals surface area contributed by atoms with Gasteiger partial charge >= 0.3 is 0 Å². The number of nitrogens with zero attached hydrogens (tertiary/aromatic N) is 6. The number of nitrogens with one attached hydrogen (secondary N) is 2. The summed E-state index contributed by atoms with van der Waals surface area (Å²) in [6, 6.07) is 12.1. The topological polar surface area (TPSA) is 113 Å². The fourth-order valence-electron chi connectivity index (χ4n) is 5.42. The zero-order valence-corrected chi connectivity index (χ0v) is 21.5. The largest absolute Gasteiger partial charge is 0.384 e. The molecule has 196 valence electrons. The molecule has 0 spiro atoms. The van der Waals surface area contributed by atoms with Gasteiger partial charge in [-0.15, -0.1) is 6.58 Å². The monoisotopic (exact) mass is 512 g/mol. The van der Waals surface area contributed by atoms with Crippen LogP contribution < -0.4 is 21.1 Å². The Bertz CT molecular complexity index is 1550. The number of rotatable bonds is 7. The first-order valence-corrected chi connectivity index (χ1v) is 13.2. The van der Waals surface area contributed by atoms with E-state index in [1.807, 2.05) is 31.2 Å². The molecule has 4 heterocycles. The summed E-state index contributed by atoms with van der Waals surface area (Å²) in [6.45, 7) is 10.0. The number of fused-ring (bicyclic) bond motifs is 2. The van der Waals surface area contributed by atoms with Gasteiger partial charge in [0, 0.05) is 43.8 Å². The molecular weight excluding hydrogens is 480 g/mol. The number of allylic oxidation sites excluding steroid dienone is 1. The molecule has 2 aliphatic rings. The minimum atomic E-state index is -0.962. The van der Waals surface area contributed by atoms with Gasteiger partial charge in [-0.1, -0.05) is 19.1 Å². The van der Waals surface area contributed by atoms with E-state index in [9.17, 15) is 9.90 Å². The lowest BCUT2D eigenvalue weighted by atomic mass is 9.98. The Balaban J connectivity index is 1.38. The first-order valence-electron chi connectivity index (χ1n) is 13.2. The van der Waals surface area contributed by atoms with Crippen LogP contribution in [0.2, 0.25) is 0 Å². The molecule has 10 heteroatoms. The predicted molar refractivity (Wildman–Crippen MR) is 148 cm³/mol. The van der Waals surface area contributed by atoms with E-state index in [1.54, 1.807) is 21.6 Å². The minimum Gasteiger partial charge on any atom is -0.384 e. The van der Waals surface area contributed by atoms with Crippen LogP contribution in [0, 0.1) is 0 Å². The summed E-state index contributed by atoms with van der Waals surface area (Å²) >= 11 is 0. The lowest BCUT2D eigenvalue weighted by Crippen LogP contribution is -2.43. The molecule has 4 aromatic rings. The van der Waals surface area contributed by atoms with Crippen molar-refractivity contribution >= 4 is 28.4 Å². The van der Waals surface area contributed by atoms with Crippen molar-refractivity contribution in [2.24, 2.45) is 0 Å². The molecule has 3 aromatic heterocycles. The van der Waals surface area contributed by atoms with Crippen molar-refractivity contribution in [1.82, 2.24) is 29.6 Å². The Kier molecular flexibility index (Phi) is 6.21. The van der Waals surface area contributed by atoms with Crippen molar-refractivity contribution in [3.63, 3.8) is 0 Å². The highest BCUT2D eigenvalue weighted by Crippen LogP contribution is 2.38. The van der Waals surface area contributed by atoms with E-state index in [-0.39, 0.29) is 12.1 Å². The Morgan fingerprint density at radius 3 is 2.68 bits per heavy atom. The maximum absolute atomic E-state index is 13.3. The van der Waals surface area contributed by atoms with E-state index < -0.39 is 5.60 Å². The van der Waals surface area contributed by atoms with E-state index in [4.69, 9.17) is 9.97 Å². The second-order valence-electron chi connectivity index (χ2n) is 9.89. The van der Waals surface area contributed by atoms with Crippen LogP contribution >= 0.6 is 0 Å². The molecule has 1 saturated heterocycles. The lowest BCUT2D eigenvalue weighted by Gasteiger charge is -2.29. The summed E-state index contributed by atoms with van der Waals surface area (Å²) in [5, 5.41) is 18.2. The number of aromatic nitrogens is 5. The van der Waals surface area contributed by atoms with Crippen molar-refractivity contribution in [2.45, 2.75) is 38.3 Å². The number of piperazine rings is 1. The Morgan fingerprint density at radius 2 is 1.95 bits per heavy atom. The summed E-state index contributed by atoms with van der Waals surface area (Å²) in [4.78, 5) is 29.7. The summed E-state index contributed by atoms with van der Waals surface area (Å²) in [5.74, 6) is 0.902. The van der Waals surface area contributed by atoms with Gasteiger partial charge in [0.1, 0.15) is 11.0 Å². The highest BCUT2D eigenvalue weighted by Gasteiger charge is 2.37. The predicted octanol–water partition coefficient (Wildman–Crippen LogP) is 2.86. The fraction of sp³-hybridized carbons (Fsp3) is 0.357. The summed E-state index contributed by atoms with van der Waals surface area (Å²) in [7, 11) is 0. The summed E-state index contributed by atoms with van der Waals surface area (Å²) < 4.78 is 3.25. The van der Waals surface area contributed by atoms with Gasteiger partial charge in [0.2, 0.25) is 5.95 Å². The van der Waals surface area contributed by atoms with Crippen LogP contribution in [0.1, 0.15) is 31.0 Å². The molecule has 3 N–H and O–H groups in total. The maximum Gasteiger partial charge on any atom is 0.278 e. The van der Waals surface area contributed by atoms with Gasteiger partial charge in [-0.2, -0.15) is 4.98 Å². The number of hydrogen-bond donors (Lipinski definition) is 3. The van der Waals surface area contributed by atoms with Crippen molar-refractivity contribution in [2.75, 3.05) is 36.4 Å². The third-order valence-electron chi connectivity index (χ3n) is 7.60. The molecule has 6 rings (SSSR count). The van der Waals surface area contributed by atoms with Crippen LogP contribution in [-0.2, 0) is 18.6 Å². The fourth-order valence-corrected chi connectivity index (χ4v) is 5.42. The average Bonchev–Trinajstić information content (AvgIpc) is 3.43. The van der Waals surface area contributed by atoms with Crippen molar-refractivity contribution in [1.29, 1.82) is 0 Å². The van der Waals surface area contributed by atoms with E-state index in [0.29, 0.717) is 41.3 Å². The standard InChI is InChI=1S/C28H32N8O2/c1-3-15-35-26(37)22-18-30-27(31-20-6-8-21(9-7-20)34-16-13-29-14-17-34)33-25(22)36(35)23-10-5-19-11-12-28(38,4-2)24(19)32-23/h3,5-10,18,29,38H,1,4,11-17H2,2H3,(H,30,31,33). The normalized spacial score (nSPS) is 19.1. The molecule has 0 radical (unpaired) electrons. The molecule has 1 fully saturated rings. The molecule has 1 aliphatic carbocycles. The van der Waals surface area contributed by atoms with Crippen LogP contribution in [0.5, 0.6) is 0 Å². The van der Waals surface area contributed by atoms with Crippen LogP contribution in [0.25, 0.3) is 16.9 Å². The van der Waals surface area contributed by atoms with Gasteiger partial charge in [0.05, 0.1) is 12.2 Å². The maximum atomic E-state index is 13.3. The third kappa shape index (κ3) is 4.15. The number of pyridine rings is 1. The number of anilines is 3. The highest BCUT2D eigenvalue weighted by atomic mass is 16.3. The van der Waals surface area contributed by atoms with Crippen molar-refractivity contribution in [3.05, 3.63) is 76.9 Å². The van der Waals surface area contributed by atoms with Gasteiger partial charge in [-0.05, 0) is 55.2 Å². The highest BCUT2D eigenvalue weighted by molar-refractivity contribution is 5.77. The number of aryl methyl sites for hydroxylation is 1. The minimum absolute atomic E-state index is 0.222. The molecular formula is C28H32N8O2. The van der Waals surface area contributed by atoms with Gasteiger partial charge < -0.3 is 20.6 Å². The van der Waals surface area contributed by atoms with Gasteiger partial charge in [0.25, 0.3) is 5.56 Å². The molecule has 1 aromatic carbocycles. The molecule has 0 saturated carbocycles. The molecule has 1 unspecified atom stereocenters. The number of aliphatic hydroxyl groups is 1. The molecule has 38 heavy (non-hydrogen) atoms. The zero-order chi connectivity index (χ0) is 26.3. The molecule has 10 nitrogen and oxygen atoms in total. The molecule has 1 aliphatic heterocycles. The van der Waals surface area contributed by atoms with Crippen LogP contribution in [-0.4, -0.2) is 55.6 Å². The van der Waals surface area contributed by atoms with Crippen molar-refractivity contribution < 1.29 is 5.11 Å². The Morgan fingerprint density at radius 1 is 1.16 bits per heavy atom.